The molecule has 1 aromatic carbocycles. The first-order chi connectivity index (χ1) is 7.20. The molecule has 0 spiro atoms. The van der Waals surface area contributed by atoms with Crippen LogP contribution in [-0.4, -0.2) is 17.3 Å². The van der Waals surface area contributed by atoms with E-state index < -0.39 is 5.97 Å². The van der Waals surface area contributed by atoms with Gasteiger partial charge in [-0.05, 0) is 22.8 Å². The van der Waals surface area contributed by atoms with Gasteiger partial charge < -0.3 is 5.11 Å². The normalized spacial score (nSPS) is 11.5. The summed E-state index contributed by atoms with van der Waals surface area (Å²) < 4.78 is 0. The maximum absolute atomic E-state index is 11.1. The molecule has 0 aliphatic heterocycles. The van der Waals surface area contributed by atoms with Crippen LogP contribution >= 0.6 is 27.7 Å². The summed E-state index contributed by atoms with van der Waals surface area (Å²) in [6.07, 6.45) is 1.85. The lowest BCUT2D eigenvalue weighted by Crippen LogP contribution is -2.01. The van der Waals surface area contributed by atoms with Crippen molar-refractivity contribution < 1.29 is 9.90 Å². The monoisotopic (exact) mass is 286 g/mol. The van der Waals surface area contributed by atoms with Crippen molar-refractivity contribution in [3.8, 4) is 0 Å². The van der Waals surface area contributed by atoms with Gasteiger partial charge in [-0.1, -0.05) is 40.2 Å². The zero-order valence-electron chi connectivity index (χ0n) is 8.24. The lowest BCUT2D eigenvalue weighted by Gasteiger charge is -2.07. The molecule has 0 aliphatic carbocycles. The molecule has 1 N–H and O–H groups in total. The molecule has 0 saturated carbocycles. The number of carboxylic acids is 1. The third-order valence-corrected chi connectivity index (χ3v) is 2.99. The SMILES string of the molecule is CS/C=C(\C(=O)O)c1ccccc1CBr. The fourth-order valence-corrected chi connectivity index (χ4v) is 2.20. The summed E-state index contributed by atoms with van der Waals surface area (Å²) in [5.41, 5.74) is 2.11. The van der Waals surface area contributed by atoms with E-state index in [4.69, 9.17) is 5.11 Å². The number of carbonyl (C=O) groups is 1. The van der Waals surface area contributed by atoms with Gasteiger partial charge >= 0.3 is 5.97 Å². The second-order valence-corrected chi connectivity index (χ2v) is 4.13. The van der Waals surface area contributed by atoms with Crippen molar-refractivity contribution in [2.75, 3.05) is 6.26 Å². The molecule has 4 heteroatoms. The Hall–Kier alpha value is -0.740. The van der Waals surface area contributed by atoms with E-state index in [-0.39, 0.29) is 0 Å². The molecule has 80 valence electrons. The van der Waals surface area contributed by atoms with Crippen LogP contribution in [0.1, 0.15) is 11.1 Å². The number of halogens is 1. The van der Waals surface area contributed by atoms with Crippen LogP contribution in [0.3, 0.4) is 0 Å². The van der Waals surface area contributed by atoms with Crippen molar-refractivity contribution in [2.24, 2.45) is 0 Å². The minimum absolute atomic E-state index is 0.345. The largest absolute Gasteiger partial charge is 0.478 e. The van der Waals surface area contributed by atoms with E-state index in [0.29, 0.717) is 10.9 Å². The predicted molar refractivity (Wildman–Crippen MR) is 68.2 cm³/mol. The van der Waals surface area contributed by atoms with Gasteiger partial charge in [0.25, 0.3) is 0 Å². The molecular weight excluding hydrogens is 276 g/mol. The lowest BCUT2D eigenvalue weighted by molar-refractivity contribution is -0.130. The topological polar surface area (TPSA) is 37.3 Å². The van der Waals surface area contributed by atoms with Gasteiger partial charge in [-0.3, -0.25) is 0 Å². The second kappa shape index (κ2) is 5.98. The third-order valence-electron chi connectivity index (χ3n) is 1.92. The Labute approximate surface area is 102 Å². The Morgan fingerprint density at radius 2 is 2.20 bits per heavy atom. The zero-order chi connectivity index (χ0) is 11.3. The van der Waals surface area contributed by atoms with Crippen molar-refractivity contribution in [3.63, 3.8) is 0 Å². The first kappa shape index (κ1) is 12.3. The van der Waals surface area contributed by atoms with E-state index in [2.05, 4.69) is 15.9 Å². The molecule has 1 aromatic rings. The molecule has 15 heavy (non-hydrogen) atoms. The number of benzene rings is 1. The van der Waals surface area contributed by atoms with Gasteiger partial charge in [0.1, 0.15) is 0 Å². The summed E-state index contributed by atoms with van der Waals surface area (Å²) in [7, 11) is 0. The Morgan fingerprint density at radius 3 is 2.73 bits per heavy atom. The van der Waals surface area contributed by atoms with E-state index in [0.717, 1.165) is 11.1 Å². The highest BCUT2D eigenvalue weighted by atomic mass is 79.9. The van der Waals surface area contributed by atoms with Crippen LogP contribution in [0.5, 0.6) is 0 Å². The van der Waals surface area contributed by atoms with Crippen LogP contribution in [-0.2, 0) is 10.1 Å². The molecule has 0 amide bonds. The molecule has 0 aliphatic rings. The van der Waals surface area contributed by atoms with E-state index in [1.807, 2.05) is 30.5 Å². The Kier molecular flexibility index (Phi) is 4.91. The van der Waals surface area contributed by atoms with Gasteiger partial charge in [-0.15, -0.1) is 11.8 Å². The molecule has 1 rings (SSSR count). The predicted octanol–water partition coefficient (Wildman–Crippen LogP) is 3.37. The molecule has 0 saturated heterocycles. The highest BCUT2D eigenvalue weighted by molar-refractivity contribution is 9.08. The molecule has 0 radical (unpaired) electrons. The number of hydrogen-bond acceptors (Lipinski definition) is 2. The first-order valence-electron chi connectivity index (χ1n) is 4.31. The van der Waals surface area contributed by atoms with Crippen LogP contribution in [0.25, 0.3) is 5.57 Å². The molecule has 0 unspecified atom stereocenters. The minimum atomic E-state index is -0.891. The second-order valence-electron chi connectivity index (χ2n) is 2.86. The van der Waals surface area contributed by atoms with Crippen LogP contribution in [0.4, 0.5) is 0 Å². The smallest absolute Gasteiger partial charge is 0.336 e. The molecule has 0 aromatic heterocycles. The van der Waals surface area contributed by atoms with Gasteiger partial charge in [-0.25, -0.2) is 4.79 Å². The molecule has 2 nitrogen and oxygen atoms in total. The van der Waals surface area contributed by atoms with Crippen molar-refractivity contribution in [3.05, 3.63) is 40.8 Å². The zero-order valence-corrected chi connectivity index (χ0v) is 10.6. The van der Waals surface area contributed by atoms with Gasteiger partial charge in [0.2, 0.25) is 0 Å². The number of aliphatic carboxylic acids is 1. The number of alkyl halides is 1. The van der Waals surface area contributed by atoms with Crippen molar-refractivity contribution in [1.29, 1.82) is 0 Å². The summed E-state index contributed by atoms with van der Waals surface area (Å²) in [6.45, 7) is 0. The minimum Gasteiger partial charge on any atom is -0.478 e. The standard InChI is InChI=1S/C11H11BrO2S/c1-15-7-10(11(13)14)9-5-3-2-4-8(9)6-12/h2-5,7H,6H2,1H3,(H,13,14)/b10-7-. The average molecular weight is 287 g/mol. The molecular formula is C11H11BrO2S. The van der Waals surface area contributed by atoms with Crippen molar-refractivity contribution >= 4 is 39.2 Å². The highest BCUT2D eigenvalue weighted by Crippen LogP contribution is 2.23. The number of rotatable bonds is 4. The van der Waals surface area contributed by atoms with Crippen molar-refractivity contribution in [2.45, 2.75) is 5.33 Å². The van der Waals surface area contributed by atoms with E-state index in [9.17, 15) is 4.79 Å². The number of thioether (sulfide) groups is 1. The number of carboxylic acid groups (broad SMARTS) is 1. The van der Waals surface area contributed by atoms with Gasteiger partial charge in [0.05, 0.1) is 5.57 Å². The maximum atomic E-state index is 11.1. The summed E-state index contributed by atoms with van der Waals surface area (Å²) in [6, 6.07) is 7.49. The van der Waals surface area contributed by atoms with Gasteiger partial charge in [0, 0.05) is 5.33 Å². The quantitative estimate of drug-likeness (QED) is 0.681. The van der Waals surface area contributed by atoms with Crippen molar-refractivity contribution in [1.82, 2.24) is 0 Å². The van der Waals surface area contributed by atoms with E-state index >= 15 is 0 Å². The van der Waals surface area contributed by atoms with Gasteiger partial charge in [-0.2, -0.15) is 0 Å². The van der Waals surface area contributed by atoms with Crippen LogP contribution in [0, 0.1) is 0 Å². The van der Waals surface area contributed by atoms with E-state index in [1.165, 1.54) is 11.8 Å². The first-order valence-corrected chi connectivity index (χ1v) is 6.72. The molecule has 0 heterocycles. The highest BCUT2D eigenvalue weighted by Gasteiger charge is 2.12. The molecule has 0 bridgehead atoms. The maximum Gasteiger partial charge on any atom is 0.336 e. The summed E-state index contributed by atoms with van der Waals surface area (Å²) in [4.78, 5) is 11.1. The van der Waals surface area contributed by atoms with Gasteiger partial charge in [0.15, 0.2) is 0 Å². The summed E-state index contributed by atoms with van der Waals surface area (Å²) in [5.74, 6) is -0.891. The van der Waals surface area contributed by atoms with Crippen LogP contribution < -0.4 is 0 Å². The molecule has 0 atom stereocenters. The summed E-state index contributed by atoms with van der Waals surface area (Å²) in [5, 5.41) is 11.4. The summed E-state index contributed by atoms with van der Waals surface area (Å²) >= 11 is 4.74. The van der Waals surface area contributed by atoms with Crippen LogP contribution in [0.2, 0.25) is 0 Å². The Bertz CT molecular complexity index is 388. The van der Waals surface area contributed by atoms with E-state index in [1.54, 1.807) is 5.41 Å². The number of hydrogen-bond donors (Lipinski definition) is 1. The Balaban J connectivity index is 3.22. The molecule has 0 fully saturated rings. The Morgan fingerprint density at radius 1 is 1.53 bits per heavy atom. The average Bonchev–Trinajstić information content (AvgIpc) is 2.25. The van der Waals surface area contributed by atoms with Crippen LogP contribution in [0.15, 0.2) is 29.7 Å². The fourth-order valence-electron chi connectivity index (χ4n) is 1.25. The fraction of sp³-hybridized carbons (Fsp3) is 0.182. The lowest BCUT2D eigenvalue weighted by atomic mass is 10.0. The third kappa shape index (κ3) is 3.11.